The second-order valence-corrected chi connectivity index (χ2v) is 3.34. The molecule has 0 aliphatic carbocycles. The van der Waals surface area contributed by atoms with Crippen LogP contribution in [-0.2, 0) is 19.1 Å². The lowest BCUT2D eigenvalue weighted by Crippen LogP contribution is -2.49. The van der Waals surface area contributed by atoms with Crippen molar-refractivity contribution in [3.8, 4) is 0 Å². The van der Waals surface area contributed by atoms with Gasteiger partial charge in [-0.3, -0.25) is 14.4 Å². The van der Waals surface area contributed by atoms with E-state index in [0.29, 0.717) is 0 Å². The molecule has 0 radical (unpaired) electrons. The molecule has 0 aliphatic heterocycles. The van der Waals surface area contributed by atoms with Gasteiger partial charge < -0.3 is 20.7 Å². The van der Waals surface area contributed by atoms with Crippen molar-refractivity contribution in [1.82, 2.24) is 0 Å². The molecule has 0 aliphatic rings. The summed E-state index contributed by atoms with van der Waals surface area (Å²) < 4.78 is 4.33. The van der Waals surface area contributed by atoms with Crippen LogP contribution in [0.1, 0.15) is 13.3 Å². The number of esters is 1. The van der Waals surface area contributed by atoms with Gasteiger partial charge >= 0.3 is 17.9 Å². The zero-order valence-corrected chi connectivity index (χ0v) is 8.39. The van der Waals surface area contributed by atoms with Gasteiger partial charge in [0.05, 0.1) is 7.11 Å². The molecule has 1 atom stereocenters. The summed E-state index contributed by atoms with van der Waals surface area (Å²) in [7, 11) is 1.09. The molecule has 15 heavy (non-hydrogen) atoms. The average Bonchev–Trinajstić information content (AvgIpc) is 2.11. The number of carbonyl (C=O) groups is 3. The number of nitrogens with two attached hydrogens (primary N) is 1. The molecule has 0 aromatic heterocycles. The zero-order chi connectivity index (χ0) is 12.2. The summed E-state index contributed by atoms with van der Waals surface area (Å²) in [4.78, 5) is 32.2. The van der Waals surface area contributed by atoms with Crippen LogP contribution in [0.25, 0.3) is 0 Å². The summed E-state index contributed by atoms with van der Waals surface area (Å²) >= 11 is 0. The third-order valence-corrected chi connectivity index (χ3v) is 1.88. The highest BCUT2D eigenvalue weighted by Crippen LogP contribution is 2.16. The minimum atomic E-state index is -1.72. The topological polar surface area (TPSA) is 127 Å². The van der Waals surface area contributed by atoms with Crippen molar-refractivity contribution < 1.29 is 29.3 Å². The van der Waals surface area contributed by atoms with Crippen LogP contribution < -0.4 is 5.73 Å². The number of aliphatic carboxylic acids is 2. The number of ether oxygens (including phenoxy) is 1. The van der Waals surface area contributed by atoms with E-state index in [1.54, 1.807) is 0 Å². The quantitative estimate of drug-likeness (QED) is 0.402. The van der Waals surface area contributed by atoms with E-state index in [1.165, 1.54) is 6.92 Å². The summed E-state index contributed by atoms with van der Waals surface area (Å²) in [5.41, 5.74) is 3.82. The molecule has 86 valence electrons. The Hall–Kier alpha value is -1.63. The first kappa shape index (κ1) is 13.4. The molecule has 0 amide bonds. The first-order chi connectivity index (χ1) is 6.72. The number of rotatable bonds is 5. The predicted octanol–water partition coefficient (Wildman–Crippen LogP) is -0.948. The molecule has 0 spiro atoms. The minimum Gasteiger partial charge on any atom is -0.481 e. The molecule has 0 aromatic rings. The van der Waals surface area contributed by atoms with Crippen molar-refractivity contribution in [2.24, 2.45) is 11.7 Å². The maximum atomic E-state index is 11.1. The van der Waals surface area contributed by atoms with Gasteiger partial charge in [0.25, 0.3) is 0 Å². The maximum absolute atomic E-state index is 11.1. The van der Waals surface area contributed by atoms with Gasteiger partial charge in [0.1, 0.15) is 5.54 Å². The molecule has 0 aromatic carbocycles. The number of methoxy groups -OCH3 is 1. The Labute approximate surface area is 85.8 Å². The molecule has 0 bridgehead atoms. The Morgan fingerprint density at radius 3 is 2.00 bits per heavy atom. The normalized spacial score (nSPS) is 14.4. The second kappa shape index (κ2) is 4.74. The number of hydrogen-bond acceptors (Lipinski definition) is 5. The smallest absolute Gasteiger partial charge is 0.325 e. The molecule has 7 heteroatoms. The van der Waals surface area contributed by atoms with E-state index in [1.807, 2.05) is 0 Å². The molecule has 0 unspecified atom stereocenters. The fourth-order valence-corrected chi connectivity index (χ4v) is 1.02. The highest BCUT2D eigenvalue weighted by Gasteiger charge is 2.38. The van der Waals surface area contributed by atoms with E-state index in [0.717, 1.165) is 7.11 Å². The Kier molecular flexibility index (Phi) is 4.22. The van der Waals surface area contributed by atoms with Crippen LogP contribution in [0.2, 0.25) is 0 Å². The second-order valence-electron chi connectivity index (χ2n) is 3.34. The van der Waals surface area contributed by atoms with Crippen LogP contribution >= 0.6 is 0 Å². The molecular formula is C8H13NO6. The largest absolute Gasteiger partial charge is 0.481 e. The van der Waals surface area contributed by atoms with Crippen molar-refractivity contribution in [2.45, 2.75) is 18.9 Å². The van der Waals surface area contributed by atoms with E-state index >= 15 is 0 Å². The summed E-state index contributed by atoms with van der Waals surface area (Å²) in [6, 6.07) is 0. The van der Waals surface area contributed by atoms with Crippen LogP contribution in [-0.4, -0.2) is 40.8 Å². The first-order valence-corrected chi connectivity index (χ1v) is 4.05. The van der Waals surface area contributed by atoms with Gasteiger partial charge in [-0.05, 0) is 13.3 Å². The summed E-state index contributed by atoms with van der Waals surface area (Å²) in [5, 5.41) is 17.1. The fourth-order valence-electron chi connectivity index (χ4n) is 1.02. The maximum Gasteiger partial charge on any atom is 0.325 e. The number of carbonyl (C=O) groups excluding carboxylic acids is 1. The monoisotopic (exact) mass is 219 g/mol. The van der Waals surface area contributed by atoms with Crippen LogP contribution in [0.5, 0.6) is 0 Å². The summed E-state index contributed by atoms with van der Waals surface area (Å²) in [6.45, 7) is 1.22. The van der Waals surface area contributed by atoms with Crippen LogP contribution in [0, 0.1) is 5.92 Å². The molecular weight excluding hydrogens is 206 g/mol. The predicted molar refractivity (Wildman–Crippen MR) is 48.0 cm³/mol. The Bertz CT molecular complexity index is 271. The van der Waals surface area contributed by atoms with Gasteiger partial charge in [0.15, 0.2) is 5.92 Å². The zero-order valence-electron chi connectivity index (χ0n) is 8.39. The third-order valence-electron chi connectivity index (χ3n) is 1.88. The lowest BCUT2D eigenvalue weighted by molar-refractivity contribution is -0.157. The molecule has 0 saturated carbocycles. The molecule has 4 N–H and O–H groups in total. The SMILES string of the molecule is COC(=O)[C@](C)(N)CC(C(=O)O)C(=O)O. The van der Waals surface area contributed by atoms with Crippen molar-refractivity contribution in [1.29, 1.82) is 0 Å². The number of carboxylic acid groups (broad SMARTS) is 2. The third kappa shape index (κ3) is 3.55. The van der Waals surface area contributed by atoms with E-state index in [4.69, 9.17) is 15.9 Å². The summed E-state index contributed by atoms with van der Waals surface area (Å²) in [5.74, 6) is -5.65. The van der Waals surface area contributed by atoms with Crippen molar-refractivity contribution >= 4 is 17.9 Å². The highest BCUT2D eigenvalue weighted by atomic mass is 16.5. The van der Waals surface area contributed by atoms with E-state index in [9.17, 15) is 14.4 Å². The molecule has 0 heterocycles. The lowest BCUT2D eigenvalue weighted by atomic mass is 9.90. The Balaban J connectivity index is 4.74. The van der Waals surface area contributed by atoms with E-state index < -0.39 is 35.8 Å². The van der Waals surface area contributed by atoms with Crippen LogP contribution in [0.3, 0.4) is 0 Å². The number of carboxylic acids is 2. The van der Waals surface area contributed by atoms with Crippen LogP contribution in [0.4, 0.5) is 0 Å². The summed E-state index contributed by atoms with van der Waals surface area (Å²) in [6.07, 6.45) is -0.523. The van der Waals surface area contributed by atoms with Crippen molar-refractivity contribution in [3.63, 3.8) is 0 Å². The van der Waals surface area contributed by atoms with Crippen molar-refractivity contribution in [3.05, 3.63) is 0 Å². The van der Waals surface area contributed by atoms with Gasteiger partial charge in [0, 0.05) is 0 Å². The average molecular weight is 219 g/mol. The van der Waals surface area contributed by atoms with E-state index in [2.05, 4.69) is 4.74 Å². The van der Waals surface area contributed by atoms with Gasteiger partial charge in [-0.15, -0.1) is 0 Å². The fraction of sp³-hybridized carbons (Fsp3) is 0.625. The minimum absolute atomic E-state index is 0.523. The van der Waals surface area contributed by atoms with Gasteiger partial charge in [-0.2, -0.15) is 0 Å². The highest BCUT2D eigenvalue weighted by molar-refractivity contribution is 5.94. The van der Waals surface area contributed by atoms with Gasteiger partial charge in [0.2, 0.25) is 0 Å². The number of hydrogen-bond donors (Lipinski definition) is 3. The molecule has 0 rings (SSSR count). The van der Waals surface area contributed by atoms with Gasteiger partial charge in [-0.25, -0.2) is 0 Å². The van der Waals surface area contributed by atoms with Crippen LogP contribution in [0.15, 0.2) is 0 Å². The molecule has 0 saturated heterocycles. The van der Waals surface area contributed by atoms with Crippen molar-refractivity contribution in [2.75, 3.05) is 7.11 Å². The molecule has 7 nitrogen and oxygen atoms in total. The Morgan fingerprint density at radius 1 is 1.33 bits per heavy atom. The van der Waals surface area contributed by atoms with Gasteiger partial charge in [-0.1, -0.05) is 0 Å². The standard InChI is InChI=1S/C8H13NO6/c1-8(9,7(14)15-2)3-4(5(10)11)6(12)13/h4H,3,9H2,1-2H3,(H,10,11)(H,12,13)/t8-/m1/s1. The Morgan fingerprint density at radius 2 is 1.73 bits per heavy atom. The first-order valence-electron chi connectivity index (χ1n) is 4.05. The lowest BCUT2D eigenvalue weighted by Gasteiger charge is -2.23. The van der Waals surface area contributed by atoms with E-state index in [-0.39, 0.29) is 0 Å². The molecule has 0 fully saturated rings.